The van der Waals surface area contributed by atoms with E-state index in [1.54, 1.807) is 0 Å². The molecule has 2 aromatic rings. The maximum atomic E-state index is 11.1. The number of carbonyl (C=O) groups excluding carboxylic acids is 1. The van der Waals surface area contributed by atoms with Crippen LogP contribution in [0.1, 0.15) is 35.1 Å². The molecule has 0 spiro atoms. The van der Waals surface area contributed by atoms with E-state index in [-0.39, 0.29) is 6.04 Å². The summed E-state index contributed by atoms with van der Waals surface area (Å²) < 4.78 is 10.9. The van der Waals surface area contributed by atoms with Gasteiger partial charge in [-0.3, -0.25) is 4.90 Å². The summed E-state index contributed by atoms with van der Waals surface area (Å²) in [6.45, 7) is 3.75. The topological polar surface area (TPSA) is 38.8 Å². The second-order valence-corrected chi connectivity index (χ2v) is 6.59. The molecule has 124 valence electrons. The quantitative estimate of drug-likeness (QED) is 0.808. The summed E-state index contributed by atoms with van der Waals surface area (Å²) >= 11 is 0. The molecule has 2 heterocycles. The van der Waals surface area contributed by atoms with E-state index in [2.05, 4.69) is 48.2 Å². The van der Waals surface area contributed by atoms with Gasteiger partial charge in [-0.05, 0) is 42.5 Å². The minimum absolute atomic E-state index is 0.284. The van der Waals surface area contributed by atoms with Crippen molar-refractivity contribution in [2.24, 2.45) is 0 Å². The predicted molar refractivity (Wildman–Crippen MR) is 91.5 cm³/mol. The van der Waals surface area contributed by atoms with Crippen LogP contribution in [-0.4, -0.2) is 31.1 Å². The molecule has 1 fully saturated rings. The first-order valence-corrected chi connectivity index (χ1v) is 8.38. The van der Waals surface area contributed by atoms with Gasteiger partial charge in [0.25, 0.3) is 0 Å². The van der Waals surface area contributed by atoms with Crippen LogP contribution < -0.4 is 9.47 Å². The Labute approximate surface area is 142 Å². The maximum Gasteiger partial charge on any atom is 0.231 e. The average Bonchev–Trinajstić information content (AvgIpc) is 3.22. The van der Waals surface area contributed by atoms with Gasteiger partial charge in [0.15, 0.2) is 11.5 Å². The van der Waals surface area contributed by atoms with Crippen molar-refractivity contribution < 1.29 is 14.3 Å². The van der Waals surface area contributed by atoms with Gasteiger partial charge < -0.3 is 14.3 Å². The van der Waals surface area contributed by atoms with Crippen LogP contribution in [0.15, 0.2) is 42.5 Å². The van der Waals surface area contributed by atoms with Crippen LogP contribution in [0.25, 0.3) is 0 Å². The van der Waals surface area contributed by atoms with Crippen molar-refractivity contribution in [2.75, 3.05) is 19.9 Å². The van der Waals surface area contributed by atoms with Gasteiger partial charge in [0, 0.05) is 12.6 Å². The summed E-state index contributed by atoms with van der Waals surface area (Å²) in [7, 11) is 0. The lowest BCUT2D eigenvalue weighted by atomic mass is 9.93. The molecule has 1 saturated heterocycles. The fourth-order valence-corrected chi connectivity index (χ4v) is 3.74. The van der Waals surface area contributed by atoms with Crippen molar-refractivity contribution in [2.45, 2.75) is 25.3 Å². The number of aryl methyl sites for hydroxylation is 1. The van der Waals surface area contributed by atoms with Crippen molar-refractivity contribution in [3.63, 3.8) is 0 Å². The van der Waals surface area contributed by atoms with Gasteiger partial charge in [0.05, 0.1) is 6.54 Å². The molecule has 0 radical (unpaired) electrons. The Morgan fingerprint density at radius 3 is 2.62 bits per heavy atom. The Hall–Kier alpha value is -2.33. The number of nitrogens with zero attached hydrogens (tertiary/aromatic N) is 1. The van der Waals surface area contributed by atoms with E-state index >= 15 is 0 Å². The number of benzene rings is 2. The van der Waals surface area contributed by atoms with Gasteiger partial charge in [-0.15, -0.1) is 0 Å². The summed E-state index contributed by atoms with van der Waals surface area (Å²) in [5.74, 6) is 2.04. The van der Waals surface area contributed by atoms with Crippen molar-refractivity contribution in [3.8, 4) is 11.5 Å². The molecular formula is C20H21NO3. The molecule has 0 amide bonds. The first kappa shape index (κ1) is 15.2. The Morgan fingerprint density at radius 2 is 1.83 bits per heavy atom. The summed E-state index contributed by atoms with van der Waals surface area (Å²) in [6.07, 6.45) is 2.01. The van der Waals surface area contributed by atoms with E-state index in [9.17, 15) is 4.79 Å². The van der Waals surface area contributed by atoms with Crippen molar-refractivity contribution in [3.05, 3.63) is 59.2 Å². The van der Waals surface area contributed by atoms with Gasteiger partial charge in [-0.2, -0.15) is 0 Å². The Bertz CT molecular complexity index is 741. The van der Waals surface area contributed by atoms with E-state index in [1.165, 1.54) is 16.7 Å². The largest absolute Gasteiger partial charge is 0.454 e. The molecule has 4 heteroatoms. The standard InChI is InChI=1S/C20H21NO3/c1-14-2-4-15(5-3-14)18-10-17(12-21(18)8-9-22)16-6-7-19-20(11-16)24-13-23-19/h2-7,9,11,17-18H,8,10,12-13H2,1H3/t17-,18-/m1/s1. The number of rotatable bonds is 4. The number of ether oxygens (including phenoxy) is 2. The van der Waals surface area contributed by atoms with Gasteiger partial charge in [0.2, 0.25) is 6.79 Å². The molecule has 0 aliphatic carbocycles. The highest BCUT2D eigenvalue weighted by atomic mass is 16.7. The highest BCUT2D eigenvalue weighted by Gasteiger charge is 2.34. The molecule has 2 aliphatic heterocycles. The summed E-state index contributed by atoms with van der Waals surface area (Å²) in [6, 6.07) is 15.1. The highest BCUT2D eigenvalue weighted by molar-refractivity contribution is 5.52. The normalized spacial score (nSPS) is 22.7. The number of fused-ring (bicyclic) bond motifs is 1. The second kappa shape index (κ2) is 6.29. The van der Waals surface area contributed by atoms with Gasteiger partial charge in [-0.1, -0.05) is 35.9 Å². The van der Waals surface area contributed by atoms with Crippen LogP contribution in [0, 0.1) is 6.92 Å². The Kier molecular flexibility index (Phi) is 3.98. The van der Waals surface area contributed by atoms with Crippen LogP contribution >= 0.6 is 0 Å². The second-order valence-electron chi connectivity index (χ2n) is 6.59. The minimum Gasteiger partial charge on any atom is -0.454 e. The number of likely N-dealkylation sites (tertiary alicyclic amines) is 1. The summed E-state index contributed by atoms with van der Waals surface area (Å²) in [5.41, 5.74) is 3.79. The van der Waals surface area contributed by atoms with Crippen molar-refractivity contribution in [1.29, 1.82) is 0 Å². The van der Waals surface area contributed by atoms with E-state index in [1.807, 2.05) is 6.07 Å². The molecule has 0 N–H and O–H groups in total. The smallest absolute Gasteiger partial charge is 0.231 e. The third-order valence-electron chi connectivity index (χ3n) is 5.04. The van der Waals surface area contributed by atoms with Gasteiger partial charge in [-0.25, -0.2) is 0 Å². The minimum atomic E-state index is 0.284. The maximum absolute atomic E-state index is 11.1. The molecule has 4 rings (SSSR count). The Balaban J connectivity index is 1.60. The van der Waals surface area contributed by atoms with Crippen LogP contribution in [0.3, 0.4) is 0 Å². The zero-order valence-electron chi connectivity index (χ0n) is 13.8. The zero-order chi connectivity index (χ0) is 16.5. The van der Waals surface area contributed by atoms with E-state index in [4.69, 9.17) is 9.47 Å². The molecular weight excluding hydrogens is 302 g/mol. The first-order chi connectivity index (χ1) is 11.7. The van der Waals surface area contributed by atoms with Gasteiger partial charge in [0.1, 0.15) is 6.29 Å². The lowest BCUT2D eigenvalue weighted by Crippen LogP contribution is -2.25. The third-order valence-corrected chi connectivity index (χ3v) is 5.04. The van der Waals surface area contributed by atoms with E-state index < -0.39 is 0 Å². The SMILES string of the molecule is Cc1ccc([C@H]2C[C@@H](c3ccc4c(c3)OCO4)CN2CC=O)cc1. The molecule has 2 aromatic carbocycles. The lowest BCUT2D eigenvalue weighted by Gasteiger charge is -2.22. The first-order valence-electron chi connectivity index (χ1n) is 8.38. The number of hydrogen-bond acceptors (Lipinski definition) is 4. The molecule has 2 aliphatic rings. The monoisotopic (exact) mass is 323 g/mol. The van der Waals surface area contributed by atoms with Crippen LogP contribution in [-0.2, 0) is 4.79 Å². The molecule has 24 heavy (non-hydrogen) atoms. The predicted octanol–water partition coefficient (Wildman–Crippen LogP) is 3.45. The molecule has 0 aromatic heterocycles. The molecule has 2 atom stereocenters. The number of aldehydes is 1. The molecule has 4 nitrogen and oxygen atoms in total. The Morgan fingerprint density at radius 1 is 1.08 bits per heavy atom. The van der Waals surface area contributed by atoms with Crippen molar-refractivity contribution >= 4 is 6.29 Å². The van der Waals surface area contributed by atoms with E-state index in [0.29, 0.717) is 19.3 Å². The number of hydrogen-bond donors (Lipinski definition) is 0. The number of carbonyl (C=O) groups is 1. The highest BCUT2D eigenvalue weighted by Crippen LogP contribution is 2.43. The van der Waals surface area contributed by atoms with Crippen LogP contribution in [0.2, 0.25) is 0 Å². The molecule has 0 saturated carbocycles. The summed E-state index contributed by atoms with van der Waals surface area (Å²) in [5, 5.41) is 0. The fraction of sp³-hybridized carbons (Fsp3) is 0.350. The zero-order valence-corrected chi connectivity index (χ0v) is 13.8. The average molecular weight is 323 g/mol. The third kappa shape index (κ3) is 2.78. The summed E-state index contributed by atoms with van der Waals surface area (Å²) in [4.78, 5) is 13.4. The van der Waals surface area contributed by atoms with Crippen molar-refractivity contribution in [1.82, 2.24) is 4.90 Å². The van der Waals surface area contributed by atoms with Gasteiger partial charge >= 0.3 is 0 Å². The lowest BCUT2D eigenvalue weighted by molar-refractivity contribution is -0.109. The molecule has 0 bridgehead atoms. The fourth-order valence-electron chi connectivity index (χ4n) is 3.74. The van der Waals surface area contributed by atoms with Crippen LogP contribution in [0.5, 0.6) is 11.5 Å². The van der Waals surface area contributed by atoms with E-state index in [0.717, 1.165) is 30.8 Å². The molecule has 0 unspecified atom stereocenters. The van der Waals surface area contributed by atoms with Crippen LogP contribution in [0.4, 0.5) is 0 Å².